The van der Waals surface area contributed by atoms with Crippen molar-refractivity contribution in [3.8, 4) is 0 Å². The molecule has 0 aromatic heterocycles. The number of halogens is 1. The number of carboxylic acids is 1. The third kappa shape index (κ3) is 2.94. The minimum atomic E-state index is -1.20. The second kappa shape index (κ2) is 4.41. The van der Waals surface area contributed by atoms with Crippen LogP contribution in [0.2, 0.25) is 0 Å². The lowest BCUT2D eigenvalue weighted by atomic mass is 10.1. The van der Waals surface area contributed by atoms with Gasteiger partial charge in [0.1, 0.15) is 12.4 Å². The number of carboxylic acid groups (broad SMARTS) is 1. The van der Waals surface area contributed by atoms with E-state index in [4.69, 9.17) is 10.8 Å². The number of carbonyl (C=O) groups excluding carboxylic acids is 1. The maximum absolute atomic E-state index is 13.1. The van der Waals surface area contributed by atoms with Gasteiger partial charge in [-0.05, 0) is 18.2 Å². The van der Waals surface area contributed by atoms with Crippen LogP contribution in [0.5, 0.6) is 0 Å². The summed E-state index contributed by atoms with van der Waals surface area (Å²) in [7, 11) is 0. The standard InChI is InChI=1S/C9H9FN2O3/c10-7-2-1-5(11)3-6(7)9(15)12-4-8(13)14/h1-3H,4,11H2,(H,12,15)(H,13,14)/i10-1. The molecule has 80 valence electrons. The Bertz CT molecular complexity index is 406. The summed E-state index contributed by atoms with van der Waals surface area (Å²) in [5.74, 6) is -2.75. The lowest BCUT2D eigenvalue weighted by Crippen LogP contribution is -2.29. The van der Waals surface area contributed by atoms with Gasteiger partial charge in [0, 0.05) is 5.69 Å². The highest BCUT2D eigenvalue weighted by atomic mass is 18.2. The number of hydrogen-bond donors (Lipinski definition) is 3. The van der Waals surface area contributed by atoms with Gasteiger partial charge in [0.05, 0.1) is 5.56 Å². The molecular formula is C9H9FN2O3. The average Bonchev–Trinajstić information content (AvgIpc) is 2.18. The second-order valence-electron chi connectivity index (χ2n) is 2.82. The molecule has 0 heterocycles. The third-order valence-corrected chi connectivity index (χ3v) is 1.64. The largest absolute Gasteiger partial charge is 0.480 e. The molecular weight excluding hydrogens is 202 g/mol. The second-order valence-corrected chi connectivity index (χ2v) is 2.82. The van der Waals surface area contributed by atoms with E-state index in [1.807, 2.05) is 5.32 Å². The topological polar surface area (TPSA) is 92.4 Å². The SMILES string of the molecule is Nc1ccc([18F])c(C(=O)NCC(=O)O)c1. The van der Waals surface area contributed by atoms with Gasteiger partial charge in [-0.15, -0.1) is 0 Å². The van der Waals surface area contributed by atoms with Crippen molar-refractivity contribution < 1.29 is 19.1 Å². The van der Waals surface area contributed by atoms with Gasteiger partial charge in [0.2, 0.25) is 0 Å². The van der Waals surface area contributed by atoms with Crippen molar-refractivity contribution in [2.24, 2.45) is 0 Å². The first-order valence-corrected chi connectivity index (χ1v) is 4.05. The van der Waals surface area contributed by atoms with E-state index in [1.165, 1.54) is 6.07 Å². The van der Waals surface area contributed by atoms with Crippen LogP contribution in [0.25, 0.3) is 0 Å². The molecule has 0 aliphatic rings. The van der Waals surface area contributed by atoms with Crippen LogP contribution in [0.4, 0.5) is 10.1 Å². The first-order valence-electron chi connectivity index (χ1n) is 4.05. The zero-order chi connectivity index (χ0) is 11.4. The van der Waals surface area contributed by atoms with Crippen molar-refractivity contribution in [1.29, 1.82) is 0 Å². The first kappa shape index (κ1) is 11.0. The molecule has 0 saturated carbocycles. The Balaban J connectivity index is 2.81. The molecule has 1 aromatic rings. The van der Waals surface area contributed by atoms with E-state index >= 15 is 0 Å². The lowest BCUT2D eigenvalue weighted by Gasteiger charge is -2.04. The monoisotopic (exact) mass is 211 g/mol. The highest BCUT2D eigenvalue weighted by Crippen LogP contribution is 2.11. The number of nitrogens with two attached hydrogens (primary N) is 1. The van der Waals surface area contributed by atoms with E-state index in [9.17, 15) is 14.0 Å². The third-order valence-electron chi connectivity index (χ3n) is 1.64. The van der Waals surface area contributed by atoms with E-state index in [0.717, 1.165) is 12.1 Å². The van der Waals surface area contributed by atoms with Crippen LogP contribution in [0.3, 0.4) is 0 Å². The van der Waals surface area contributed by atoms with Crippen molar-refractivity contribution in [2.75, 3.05) is 12.3 Å². The van der Waals surface area contributed by atoms with Crippen molar-refractivity contribution >= 4 is 17.6 Å². The predicted molar refractivity (Wildman–Crippen MR) is 50.8 cm³/mol. The number of aliphatic carboxylic acids is 1. The smallest absolute Gasteiger partial charge is 0.322 e. The van der Waals surface area contributed by atoms with Crippen LogP contribution < -0.4 is 11.1 Å². The van der Waals surface area contributed by atoms with E-state index in [2.05, 4.69) is 0 Å². The minimum absolute atomic E-state index is 0.233. The molecule has 0 aliphatic heterocycles. The molecule has 1 amide bonds. The summed E-state index contributed by atoms with van der Waals surface area (Å²) < 4.78 is 13.1. The normalized spacial score (nSPS) is 9.67. The quantitative estimate of drug-likeness (QED) is 0.623. The van der Waals surface area contributed by atoms with Gasteiger partial charge in [-0.25, -0.2) is 4.39 Å². The van der Waals surface area contributed by atoms with Crippen molar-refractivity contribution in [3.05, 3.63) is 29.6 Å². The zero-order valence-corrected chi connectivity index (χ0v) is 7.66. The number of nitrogens with one attached hydrogen (secondary N) is 1. The molecule has 5 nitrogen and oxygen atoms in total. The zero-order valence-electron chi connectivity index (χ0n) is 7.66. The molecule has 0 aliphatic carbocycles. The molecule has 6 heteroatoms. The molecule has 0 spiro atoms. The fraction of sp³-hybridized carbons (Fsp3) is 0.111. The molecule has 0 radical (unpaired) electrons. The molecule has 1 aromatic carbocycles. The number of rotatable bonds is 3. The van der Waals surface area contributed by atoms with Crippen LogP contribution >= 0.6 is 0 Å². The van der Waals surface area contributed by atoms with Crippen LogP contribution in [0.1, 0.15) is 10.4 Å². The lowest BCUT2D eigenvalue weighted by molar-refractivity contribution is -0.135. The molecule has 0 bridgehead atoms. The van der Waals surface area contributed by atoms with E-state index in [0.29, 0.717) is 0 Å². The van der Waals surface area contributed by atoms with Crippen molar-refractivity contribution in [2.45, 2.75) is 0 Å². The molecule has 0 saturated heterocycles. The number of nitrogen functional groups attached to an aromatic ring is 1. The van der Waals surface area contributed by atoms with Crippen LogP contribution in [-0.4, -0.2) is 23.5 Å². The Hall–Kier alpha value is -2.11. The summed E-state index contributed by atoms with van der Waals surface area (Å²) in [4.78, 5) is 21.4. The summed E-state index contributed by atoms with van der Waals surface area (Å²) in [5, 5.41) is 10.3. The first-order chi connectivity index (χ1) is 7.00. The van der Waals surface area contributed by atoms with Crippen molar-refractivity contribution in [3.63, 3.8) is 0 Å². The predicted octanol–water partition coefficient (Wildman–Crippen LogP) is 0.222. The maximum Gasteiger partial charge on any atom is 0.322 e. The number of benzene rings is 1. The molecule has 15 heavy (non-hydrogen) atoms. The van der Waals surface area contributed by atoms with Gasteiger partial charge >= 0.3 is 5.97 Å². The van der Waals surface area contributed by atoms with Gasteiger partial charge in [-0.2, -0.15) is 0 Å². The van der Waals surface area contributed by atoms with E-state index in [-0.39, 0.29) is 11.3 Å². The molecule has 0 atom stereocenters. The highest BCUT2D eigenvalue weighted by molar-refractivity contribution is 5.96. The van der Waals surface area contributed by atoms with Crippen LogP contribution in [-0.2, 0) is 4.79 Å². The minimum Gasteiger partial charge on any atom is -0.480 e. The Morgan fingerprint density at radius 3 is 2.73 bits per heavy atom. The Morgan fingerprint density at radius 2 is 2.13 bits per heavy atom. The molecule has 0 fully saturated rings. The molecule has 1 rings (SSSR count). The number of carbonyl (C=O) groups is 2. The van der Waals surface area contributed by atoms with Gasteiger partial charge < -0.3 is 16.2 Å². The number of amides is 1. The van der Waals surface area contributed by atoms with E-state index in [1.54, 1.807) is 0 Å². The Kier molecular flexibility index (Phi) is 3.22. The Labute approximate surface area is 84.7 Å². The van der Waals surface area contributed by atoms with Crippen LogP contribution in [0, 0.1) is 5.82 Å². The highest BCUT2D eigenvalue weighted by Gasteiger charge is 2.12. The van der Waals surface area contributed by atoms with Gasteiger partial charge in [0.15, 0.2) is 0 Å². The average molecular weight is 211 g/mol. The fourth-order valence-corrected chi connectivity index (χ4v) is 0.968. The number of hydrogen-bond acceptors (Lipinski definition) is 3. The molecule has 0 unspecified atom stereocenters. The van der Waals surface area contributed by atoms with Crippen molar-refractivity contribution in [1.82, 2.24) is 5.32 Å². The van der Waals surface area contributed by atoms with Crippen LogP contribution in [0.15, 0.2) is 18.2 Å². The summed E-state index contributed by atoms with van der Waals surface area (Å²) in [5.41, 5.74) is 5.32. The molecule has 4 N–H and O–H groups in total. The summed E-state index contributed by atoms with van der Waals surface area (Å²) in [6.07, 6.45) is 0. The summed E-state index contributed by atoms with van der Waals surface area (Å²) in [6.45, 7) is -0.562. The summed E-state index contributed by atoms with van der Waals surface area (Å²) >= 11 is 0. The fourth-order valence-electron chi connectivity index (χ4n) is 0.968. The maximum atomic E-state index is 13.1. The van der Waals surface area contributed by atoms with E-state index < -0.39 is 24.2 Å². The Morgan fingerprint density at radius 1 is 1.47 bits per heavy atom. The summed E-state index contributed by atoms with van der Waals surface area (Å²) in [6, 6.07) is 3.50. The van der Waals surface area contributed by atoms with Gasteiger partial charge in [0.25, 0.3) is 5.91 Å². The van der Waals surface area contributed by atoms with Gasteiger partial charge in [-0.1, -0.05) is 0 Å². The number of anilines is 1. The van der Waals surface area contributed by atoms with Gasteiger partial charge in [-0.3, -0.25) is 9.59 Å².